The molecular weight excluding hydrogens is 417 g/mol. The van der Waals surface area contributed by atoms with E-state index in [-0.39, 0.29) is 6.04 Å². The average Bonchev–Trinajstić information content (AvgIpc) is 2.41. The summed E-state index contributed by atoms with van der Waals surface area (Å²) in [7, 11) is 3.58. The zero-order valence-corrected chi connectivity index (χ0v) is 15.9. The van der Waals surface area contributed by atoms with E-state index in [1.54, 1.807) is 7.11 Å². The van der Waals surface area contributed by atoms with Crippen LogP contribution in [0.4, 0.5) is 0 Å². The van der Waals surface area contributed by atoms with E-state index in [9.17, 15) is 0 Å². The summed E-state index contributed by atoms with van der Waals surface area (Å²) >= 11 is 13.4. The lowest BCUT2D eigenvalue weighted by atomic mass is 9.97. The van der Waals surface area contributed by atoms with E-state index in [1.165, 1.54) is 5.56 Å². The molecule has 5 heteroatoms. The van der Waals surface area contributed by atoms with E-state index in [2.05, 4.69) is 62.3 Å². The number of methoxy groups -OCH3 is 1. The number of hydrogen-bond acceptors (Lipinski definition) is 2. The van der Waals surface area contributed by atoms with E-state index < -0.39 is 0 Å². The van der Waals surface area contributed by atoms with Gasteiger partial charge in [0.1, 0.15) is 5.75 Å². The maximum Gasteiger partial charge on any atom is 0.138 e. The maximum atomic E-state index is 6.21. The van der Waals surface area contributed by atoms with Crippen LogP contribution in [0.2, 0.25) is 5.02 Å². The average molecular weight is 434 g/mol. The summed E-state index contributed by atoms with van der Waals surface area (Å²) < 4.78 is 7.44. The Morgan fingerprint density at radius 3 is 2.38 bits per heavy atom. The van der Waals surface area contributed by atoms with Gasteiger partial charge in [0.25, 0.3) is 0 Å². The number of hydrogen-bond donors (Lipinski definition) is 1. The molecule has 0 aliphatic rings. The van der Waals surface area contributed by atoms with Crippen LogP contribution in [0, 0.1) is 6.92 Å². The Kier molecular flexibility index (Phi) is 5.72. The van der Waals surface area contributed by atoms with Gasteiger partial charge < -0.3 is 10.1 Å². The van der Waals surface area contributed by atoms with Crippen molar-refractivity contribution in [2.24, 2.45) is 0 Å². The number of nitrogens with one attached hydrogen (secondary N) is 1. The number of benzene rings is 2. The predicted molar refractivity (Wildman–Crippen MR) is 95.5 cm³/mol. The second-order valence-electron chi connectivity index (χ2n) is 4.76. The molecule has 1 unspecified atom stereocenters. The standard InChI is InChI=1S/C16H16Br2ClNO/c1-9-4-5-11(13(17)6-9)15(20-2)12-7-10(19)8-14(18)16(12)21-3/h4-8,15,20H,1-3H3. The molecule has 0 fully saturated rings. The van der Waals surface area contributed by atoms with Gasteiger partial charge in [0.2, 0.25) is 0 Å². The minimum absolute atomic E-state index is 0.0232. The largest absolute Gasteiger partial charge is 0.495 e. The lowest BCUT2D eigenvalue weighted by molar-refractivity contribution is 0.402. The minimum Gasteiger partial charge on any atom is -0.495 e. The second kappa shape index (κ2) is 7.14. The third kappa shape index (κ3) is 3.62. The molecule has 0 saturated carbocycles. The van der Waals surface area contributed by atoms with E-state index >= 15 is 0 Å². The zero-order chi connectivity index (χ0) is 15.6. The normalized spacial score (nSPS) is 12.3. The van der Waals surface area contributed by atoms with Crippen molar-refractivity contribution in [3.05, 3.63) is 61.0 Å². The lowest BCUT2D eigenvalue weighted by Gasteiger charge is -2.22. The third-order valence-corrected chi connectivity index (χ3v) is 4.80. The van der Waals surface area contributed by atoms with Crippen molar-refractivity contribution in [3.8, 4) is 5.75 Å². The molecule has 2 rings (SSSR count). The zero-order valence-electron chi connectivity index (χ0n) is 12.0. The van der Waals surface area contributed by atoms with E-state index in [4.69, 9.17) is 16.3 Å². The highest BCUT2D eigenvalue weighted by Crippen LogP contribution is 2.39. The van der Waals surface area contributed by atoms with Crippen LogP contribution in [0.5, 0.6) is 5.75 Å². The van der Waals surface area contributed by atoms with Crippen LogP contribution in [0.1, 0.15) is 22.7 Å². The van der Waals surface area contributed by atoms with Gasteiger partial charge in [-0.1, -0.05) is 39.7 Å². The molecule has 0 heterocycles. The van der Waals surface area contributed by atoms with Crippen molar-refractivity contribution in [3.63, 3.8) is 0 Å². The first kappa shape index (κ1) is 16.8. The van der Waals surface area contributed by atoms with Gasteiger partial charge in [-0.2, -0.15) is 0 Å². The van der Waals surface area contributed by atoms with Gasteiger partial charge in [0, 0.05) is 15.1 Å². The first-order chi connectivity index (χ1) is 9.97. The van der Waals surface area contributed by atoms with Crippen LogP contribution >= 0.6 is 43.5 Å². The van der Waals surface area contributed by atoms with Crippen LogP contribution < -0.4 is 10.1 Å². The summed E-state index contributed by atoms with van der Waals surface area (Å²) in [5.74, 6) is 0.784. The molecule has 112 valence electrons. The summed E-state index contributed by atoms with van der Waals surface area (Å²) in [5, 5.41) is 4.00. The van der Waals surface area contributed by atoms with Gasteiger partial charge in [0.05, 0.1) is 17.6 Å². The molecule has 0 aromatic heterocycles. The molecule has 0 saturated heterocycles. The molecule has 2 aromatic rings. The summed E-state index contributed by atoms with van der Waals surface area (Å²) in [5.41, 5.74) is 3.33. The van der Waals surface area contributed by atoms with Gasteiger partial charge >= 0.3 is 0 Å². The predicted octanol–water partition coefficient (Wildman–Crippen LogP) is 5.49. The highest BCUT2D eigenvalue weighted by atomic mass is 79.9. The molecule has 21 heavy (non-hydrogen) atoms. The van der Waals surface area contributed by atoms with Gasteiger partial charge in [-0.3, -0.25) is 0 Å². The monoisotopic (exact) mass is 431 g/mol. The molecule has 0 aliphatic heterocycles. The van der Waals surface area contributed by atoms with Crippen LogP contribution in [0.25, 0.3) is 0 Å². The fourth-order valence-corrected chi connectivity index (χ4v) is 4.07. The SMILES string of the molecule is CNC(c1ccc(C)cc1Br)c1cc(Cl)cc(Br)c1OC. The molecule has 0 amide bonds. The number of rotatable bonds is 4. The van der Waals surface area contributed by atoms with Crippen molar-refractivity contribution >= 4 is 43.5 Å². The van der Waals surface area contributed by atoms with Gasteiger partial charge in [-0.25, -0.2) is 0 Å². The maximum absolute atomic E-state index is 6.21. The molecular formula is C16H16Br2ClNO. The Morgan fingerprint density at radius 2 is 1.81 bits per heavy atom. The van der Waals surface area contributed by atoms with Crippen molar-refractivity contribution < 1.29 is 4.74 Å². The fraction of sp³-hybridized carbons (Fsp3) is 0.250. The number of halogens is 3. The first-order valence-corrected chi connectivity index (χ1v) is 8.40. The Bertz CT molecular complexity index is 661. The van der Waals surface area contributed by atoms with Crippen LogP contribution in [0.15, 0.2) is 39.3 Å². The second-order valence-corrected chi connectivity index (χ2v) is 6.90. The summed E-state index contributed by atoms with van der Waals surface area (Å²) in [6.07, 6.45) is 0. The van der Waals surface area contributed by atoms with Gasteiger partial charge in [-0.15, -0.1) is 0 Å². The van der Waals surface area contributed by atoms with Crippen LogP contribution in [0.3, 0.4) is 0 Å². The van der Waals surface area contributed by atoms with E-state index in [1.807, 2.05) is 19.2 Å². The minimum atomic E-state index is -0.0232. The smallest absolute Gasteiger partial charge is 0.138 e. The van der Waals surface area contributed by atoms with Gasteiger partial charge in [-0.05, 0) is 59.2 Å². The summed E-state index contributed by atoms with van der Waals surface area (Å²) in [6, 6.07) is 10.0. The molecule has 1 N–H and O–H groups in total. The summed E-state index contributed by atoms with van der Waals surface area (Å²) in [4.78, 5) is 0. The molecule has 0 bridgehead atoms. The Morgan fingerprint density at radius 1 is 1.10 bits per heavy atom. The number of aryl methyl sites for hydroxylation is 1. The van der Waals surface area contributed by atoms with E-state index in [0.717, 1.165) is 25.8 Å². The van der Waals surface area contributed by atoms with Crippen molar-refractivity contribution in [2.45, 2.75) is 13.0 Å². The molecule has 2 aromatic carbocycles. The Labute approximate surface area is 147 Å². The third-order valence-electron chi connectivity index (χ3n) is 3.31. The van der Waals surface area contributed by atoms with E-state index in [0.29, 0.717) is 5.02 Å². The molecule has 0 spiro atoms. The Balaban J connectivity index is 2.61. The lowest BCUT2D eigenvalue weighted by Crippen LogP contribution is -2.19. The Hall–Kier alpha value is -0.550. The molecule has 2 nitrogen and oxygen atoms in total. The van der Waals surface area contributed by atoms with Crippen molar-refractivity contribution in [1.82, 2.24) is 5.32 Å². The highest BCUT2D eigenvalue weighted by Gasteiger charge is 2.21. The van der Waals surface area contributed by atoms with Crippen molar-refractivity contribution in [1.29, 1.82) is 0 Å². The topological polar surface area (TPSA) is 21.3 Å². The number of ether oxygens (including phenoxy) is 1. The molecule has 0 aliphatic carbocycles. The first-order valence-electron chi connectivity index (χ1n) is 6.44. The summed E-state index contributed by atoms with van der Waals surface area (Å²) in [6.45, 7) is 2.07. The quantitative estimate of drug-likeness (QED) is 0.688. The molecule has 1 atom stereocenters. The van der Waals surface area contributed by atoms with Crippen molar-refractivity contribution in [2.75, 3.05) is 14.2 Å². The highest BCUT2D eigenvalue weighted by molar-refractivity contribution is 9.10. The van der Waals surface area contributed by atoms with Gasteiger partial charge in [0.15, 0.2) is 0 Å². The van der Waals surface area contributed by atoms with Crippen LogP contribution in [-0.4, -0.2) is 14.2 Å². The fourth-order valence-electron chi connectivity index (χ4n) is 2.35. The molecule has 0 radical (unpaired) electrons. The van der Waals surface area contributed by atoms with Crippen LogP contribution in [-0.2, 0) is 0 Å².